The van der Waals surface area contributed by atoms with Crippen molar-refractivity contribution in [2.24, 2.45) is 0 Å². The Balaban J connectivity index is 2.20. The van der Waals surface area contributed by atoms with Crippen molar-refractivity contribution in [3.05, 3.63) is 39.0 Å². The van der Waals surface area contributed by atoms with Gasteiger partial charge < -0.3 is 10.3 Å². The van der Waals surface area contributed by atoms with Crippen LogP contribution in [0.5, 0.6) is 0 Å². The second kappa shape index (κ2) is 5.13. The number of aromatic amines is 1. The predicted octanol–water partition coefficient (Wildman–Crippen LogP) is 2.34. The Morgan fingerprint density at radius 3 is 3.00 bits per heavy atom. The summed E-state index contributed by atoms with van der Waals surface area (Å²) in [6.45, 7) is 0.861. The maximum atomic E-state index is 11.7. The van der Waals surface area contributed by atoms with Gasteiger partial charge in [-0.1, -0.05) is 0 Å². The Bertz CT molecular complexity index is 668. The van der Waals surface area contributed by atoms with Crippen molar-refractivity contribution < 1.29 is 0 Å². The van der Waals surface area contributed by atoms with Crippen LogP contribution >= 0.6 is 15.9 Å². The molecular formula is C13H13BrN4O. The highest BCUT2D eigenvalue weighted by Crippen LogP contribution is 2.28. The van der Waals surface area contributed by atoms with Gasteiger partial charge >= 0.3 is 5.69 Å². The summed E-state index contributed by atoms with van der Waals surface area (Å²) in [5.41, 5.74) is 2.45. The minimum atomic E-state index is -0.330. The van der Waals surface area contributed by atoms with E-state index in [1.165, 1.54) is 0 Å². The summed E-state index contributed by atoms with van der Waals surface area (Å²) >= 11 is 3.40. The van der Waals surface area contributed by atoms with Crippen LogP contribution in [-0.4, -0.2) is 21.5 Å². The number of hydrogen-bond acceptors (Lipinski definition) is 4. The van der Waals surface area contributed by atoms with E-state index in [4.69, 9.17) is 0 Å². The summed E-state index contributed by atoms with van der Waals surface area (Å²) in [6.07, 6.45) is 6.55. The fraction of sp³-hybridized carbons (Fsp3) is 0.308. The van der Waals surface area contributed by atoms with Crippen LogP contribution in [0.2, 0.25) is 0 Å². The number of pyridine rings is 1. The molecule has 1 aliphatic heterocycles. The standard InChI is InChI=1S/C13H13BrN4O/c14-9-5-8(6-15-7-9)11-10-3-1-2-4-16-12(10)18-13(19)17-11/h5-7H,1-4H2,(H2,16,17,18,19). The van der Waals surface area contributed by atoms with Crippen LogP contribution in [0.25, 0.3) is 11.3 Å². The Labute approximate surface area is 118 Å². The van der Waals surface area contributed by atoms with Crippen molar-refractivity contribution in [3.8, 4) is 11.3 Å². The van der Waals surface area contributed by atoms with E-state index in [2.05, 4.69) is 36.2 Å². The van der Waals surface area contributed by atoms with E-state index >= 15 is 0 Å². The zero-order chi connectivity index (χ0) is 13.2. The van der Waals surface area contributed by atoms with Gasteiger partial charge in [-0.05, 0) is 41.3 Å². The van der Waals surface area contributed by atoms with Gasteiger partial charge in [0.15, 0.2) is 0 Å². The number of nitrogens with one attached hydrogen (secondary N) is 2. The summed E-state index contributed by atoms with van der Waals surface area (Å²) in [5.74, 6) is 0.705. The smallest absolute Gasteiger partial charge is 0.347 e. The predicted molar refractivity (Wildman–Crippen MR) is 77.2 cm³/mol. The number of fused-ring (bicyclic) bond motifs is 1. The molecule has 0 aromatic carbocycles. The van der Waals surface area contributed by atoms with Gasteiger partial charge in [-0.3, -0.25) is 4.98 Å². The Morgan fingerprint density at radius 2 is 2.16 bits per heavy atom. The van der Waals surface area contributed by atoms with E-state index in [0.29, 0.717) is 5.82 Å². The quantitative estimate of drug-likeness (QED) is 0.846. The SMILES string of the molecule is O=c1nc2c(c(-c3cncc(Br)c3)[nH]1)CCCCN2. The molecule has 3 heterocycles. The van der Waals surface area contributed by atoms with Gasteiger partial charge in [-0.15, -0.1) is 0 Å². The largest absolute Gasteiger partial charge is 0.370 e. The minimum Gasteiger partial charge on any atom is -0.370 e. The first-order chi connectivity index (χ1) is 9.24. The van der Waals surface area contributed by atoms with Gasteiger partial charge in [0, 0.05) is 34.5 Å². The van der Waals surface area contributed by atoms with Crippen LogP contribution in [0.4, 0.5) is 5.82 Å². The molecule has 2 N–H and O–H groups in total. The summed E-state index contributed by atoms with van der Waals surface area (Å²) in [5, 5.41) is 3.23. The normalized spacial score (nSPS) is 14.4. The third-order valence-corrected chi connectivity index (χ3v) is 3.61. The first-order valence-electron chi connectivity index (χ1n) is 6.22. The van der Waals surface area contributed by atoms with Crippen LogP contribution < -0.4 is 11.0 Å². The zero-order valence-electron chi connectivity index (χ0n) is 10.2. The average Bonchev–Trinajstić information content (AvgIpc) is 2.63. The molecule has 98 valence electrons. The molecule has 0 saturated carbocycles. The molecular weight excluding hydrogens is 308 g/mol. The summed E-state index contributed by atoms with van der Waals surface area (Å²) < 4.78 is 0.887. The summed E-state index contributed by atoms with van der Waals surface area (Å²) in [4.78, 5) is 22.7. The Kier molecular flexibility index (Phi) is 3.33. The third-order valence-electron chi connectivity index (χ3n) is 3.17. The molecule has 1 aliphatic rings. The molecule has 2 aromatic rings. The molecule has 0 unspecified atom stereocenters. The lowest BCUT2D eigenvalue weighted by atomic mass is 10.0. The van der Waals surface area contributed by atoms with Crippen LogP contribution in [0.15, 0.2) is 27.7 Å². The molecule has 0 bridgehead atoms. The minimum absolute atomic E-state index is 0.330. The molecule has 0 fully saturated rings. The van der Waals surface area contributed by atoms with Crippen LogP contribution in [0.3, 0.4) is 0 Å². The van der Waals surface area contributed by atoms with Crippen molar-refractivity contribution in [1.29, 1.82) is 0 Å². The maximum Gasteiger partial charge on any atom is 0.347 e. The molecule has 0 amide bonds. The van der Waals surface area contributed by atoms with Gasteiger partial charge in [0.25, 0.3) is 0 Å². The number of H-pyrrole nitrogens is 1. The molecule has 0 atom stereocenters. The number of anilines is 1. The second-order valence-corrected chi connectivity index (χ2v) is 5.44. The fourth-order valence-corrected chi connectivity index (χ4v) is 2.68. The lowest BCUT2D eigenvalue weighted by Gasteiger charge is -2.11. The lowest BCUT2D eigenvalue weighted by molar-refractivity contribution is 0.784. The lowest BCUT2D eigenvalue weighted by Crippen LogP contribution is -2.17. The van der Waals surface area contributed by atoms with Crippen molar-refractivity contribution in [1.82, 2.24) is 15.0 Å². The Morgan fingerprint density at radius 1 is 1.26 bits per heavy atom. The summed E-state index contributed by atoms with van der Waals surface area (Å²) in [6, 6.07) is 1.95. The highest BCUT2D eigenvalue weighted by Gasteiger charge is 2.16. The van der Waals surface area contributed by atoms with Gasteiger partial charge in [0.1, 0.15) is 5.82 Å². The van der Waals surface area contributed by atoms with Crippen molar-refractivity contribution in [2.45, 2.75) is 19.3 Å². The fourth-order valence-electron chi connectivity index (χ4n) is 2.32. The van der Waals surface area contributed by atoms with Gasteiger partial charge in [0.2, 0.25) is 0 Å². The van der Waals surface area contributed by atoms with Crippen LogP contribution in [0, 0.1) is 0 Å². The van der Waals surface area contributed by atoms with Crippen molar-refractivity contribution >= 4 is 21.7 Å². The molecule has 0 radical (unpaired) electrons. The van der Waals surface area contributed by atoms with Gasteiger partial charge in [0.05, 0.1) is 5.69 Å². The molecule has 0 aliphatic carbocycles. The van der Waals surface area contributed by atoms with E-state index in [1.807, 2.05) is 6.07 Å². The molecule has 6 heteroatoms. The number of aromatic nitrogens is 3. The number of hydrogen-bond donors (Lipinski definition) is 2. The monoisotopic (exact) mass is 320 g/mol. The van der Waals surface area contributed by atoms with Gasteiger partial charge in [-0.25, -0.2) is 4.79 Å². The second-order valence-electron chi connectivity index (χ2n) is 4.52. The van der Waals surface area contributed by atoms with E-state index in [1.54, 1.807) is 12.4 Å². The average molecular weight is 321 g/mol. The molecule has 5 nitrogen and oxygen atoms in total. The van der Waals surface area contributed by atoms with Crippen molar-refractivity contribution in [3.63, 3.8) is 0 Å². The molecule has 19 heavy (non-hydrogen) atoms. The topological polar surface area (TPSA) is 70.7 Å². The van der Waals surface area contributed by atoms with Crippen LogP contribution in [-0.2, 0) is 6.42 Å². The van der Waals surface area contributed by atoms with E-state index < -0.39 is 0 Å². The third kappa shape index (κ3) is 2.53. The molecule has 0 saturated heterocycles. The van der Waals surface area contributed by atoms with E-state index in [0.717, 1.165) is 47.1 Å². The number of halogens is 1. The molecule has 3 rings (SSSR count). The highest BCUT2D eigenvalue weighted by molar-refractivity contribution is 9.10. The van der Waals surface area contributed by atoms with Crippen molar-refractivity contribution in [2.75, 3.05) is 11.9 Å². The first kappa shape index (κ1) is 12.3. The maximum absolute atomic E-state index is 11.7. The molecule has 0 spiro atoms. The Hall–Kier alpha value is -1.69. The highest BCUT2D eigenvalue weighted by atomic mass is 79.9. The van der Waals surface area contributed by atoms with E-state index in [9.17, 15) is 4.79 Å². The number of nitrogens with zero attached hydrogens (tertiary/aromatic N) is 2. The first-order valence-corrected chi connectivity index (χ1v) is 7.01. The summed E-state index contributed by atoms with van der Waals surface area (Å²) in [7, 11) is 0. The van der Waals surface area contributed by atoms with Crippen LogP contribution in [0.1, 0.15) is 18.4 Å². The zero-order valence-corrected chi connectivity index (χ0v) is 11.8. The van der Waals surface area contributed by atoms with Gasteiger partial charge in [-0.2, -0.15) is 4.98 Å². The molecule has 2 aromatic heterocycles. The van der Waals surface area contributed by atoms with E-state index in [-0.39, 0.29) is 5.69 Å². The number of rotatable bonds is 1.